The van der Waals surface area contributed by atoms with Crippen LogP contribution >= 0.6 is 7.82 Å². The van der Waals surface area contributed by atoms with Crippen LogP contribution in [0.1, 0.15) is 199 Å². The zero-order valence-corrected chi connectivity index (χ0v) is 41.5. The van der Waals surface area contributed by atoms with Gasteiger partial charge in [0.15, 0.2) is 0 Å². The van der Waals surface area contributed by atoms with E-state index in [1.165, 1.54) is 154 Å². The van der Waals surface area contributed by atoms with Crippen LogP contribution in [0, 0.1) is 0 Å². The van der Waals surface area contributed by atoms with E-state index in [4.69, 9.17) is 24.3 Å². The minimum Gasteiger partial charge on any atom is -0.379 e. The first kappa shape index (κ1) is 56.0. The molecule has 364 valence electrons. The highest BCUT2D eigenvalue weighted by atomic mass is 31.2. The van der Waals surface area contributed by atoms with Gasteiger partial charge >= 0.3 is 7.82 Å². The topological polar surface area (TPSA) is 121 Å². The number of hydrogen-bond acceptors (Lipinski definition) is 7. The van der Waals surface area contributed by atoms with Gasteiger partial charge in [-0.1, -0.05) is 229 Å². The van der Waals surface area contributed by atoms with E-state index < -0.39 is 13.9 Å². The predicted octanol–water partition coefficient (Wildman–Crippen LogP) is 14.8. The maximum absolute atomic E-state index is 13.2. The number of unbranched alkanes of at least 4 members (excludes halogenated alkanes) is 26. The SMILES string of the molecule is CCCCCCCCCCCCCCCCOCC(COP(=O)(O)OCCN(Cc1c2ccccc2cc2ccccc12)C(=O)CN)OCCCCCCCCCCCCCCCC. The number of carbonyl (C=O) groups excluding carboxylic acids is 1. The third kappa shape index (κ3) is 25.5. The van der Waals surface area contributed by atoms with Crippen molar-refractivity contribution in [1.82, 2.24) is 4.90 Å². The van der Waals surface area contributed by atoms with Crippen molar-refractivity contribution in [3.63, 3.8) is 0 Å². The summed E-state index contributed by atoms with van der Waals surface area (Å²) in [4.78, 5) is 25.4. The van der Waals surface area contributed by atoms with Gasteiger partial charge in [-0.25, -0.2) is 4.57 Å². The van der Waals surface area contributed by atoms with E-state index in [1.54, 1.807) is 4.90 Å². The number of phosphoric ester groups is 1. The Morgan fingerprint density at radius 3 is 1.45 bits per heavy atom. The van der Waals surface area contributed by atoms with E-state index in [0.29, 0.717) is 13.2 Å². The van der Waals surface area contributed by atoms with Crippen LogP contribution in [-0.2, 0) is 34.4 Å². The fourth-order valence-corrected chi connectivity index (χ4v) is 9.42. The van der Waals surface area contributed by atoms with Crippen molar-refractivity contribution in [3.05, 3.63) is 60.2 Å². The number of amides is 1. The molecule has 2 atom stereocenters. The largest absolute Gasteiger partial charge is 0.472 e. The smallest absolute Gasteiger partial charge is 0.379 e. The summed E-state index contributed by atoms with van der Waals surface area (Å²) in [5.41, 5.74) is 6.83. The zero-order chi connectivity index (χ0) is 45.8. The third-order valence-electron chi connectivity index (χ3n) is 12.6. The summed E-state index contributed by atoms with van der Waals surface area (Å²) in [7, 11) is -4.46. The van der Waals surface area contributed by atoms with Crippen molar-refractivity contribution in [2.24, 2.45) is 5.73 Å². The van der Waals surface area contributed by atoms with Crippen molar-refractivity contribution in [3.8, 4) is 0 Å². The minimum atomic E-state index is -4.46. The second kappa shape index (κ2) is 36.7. The lowest BCUT2D eigenvalue weighted by Gasteiger charge is -2.25. The van der Waals surface area contributed by atoms with E-state index in [0.717, 1.165) is 52.8 Å². The summed E-state index contributed by atoms with van der Waals surface area (Å²) in [5, 5.41) is 4.23. The molecular formula is C54H91N2O7P. The first-order valence-electron chi connectivity index (χ1n) is 26.1. The second-order valence-corrected chi connectivity index (χ2v) is 19.6. The lowest BCUT2D eigenvalue weighted by Crippen LogP contribution is -2.37. The van der Waals surface area contributed by atoms with E-state index in [-0.39, 0.29) is 45.4 Å². The van der Waals surface area contributed by atoms with Gasteiger partial charge in [-0.15, -0.1) is 0 Å². The molecule has 0 aliphatic rings. The average molecular weight is 911 g/mol. The van der Waals surface area contributed by atoms with Crippen molar-refractivity contribution in [2.75, 3.05) is 46.1 Å². The Labute approximate surface area is 389 Å². The van der Waals surface area contributed by atoms with E-state index in [9.17, 15) is 14.3 Å². The Morgan fingerprint density at radius 1 is 0.578 bits per heavy atom. The number of nitrogens with zero attached hydrogens (tertiary/aromatic N) is 1. The number of nitrogens with two attached hydrogens (primary N) is 1. The summed E-state index contributed by atoms with van der Waals surface area (Å²) in [5.74, 6) is -0.276. The van der Waals surface area contributed by atoms with Crippen LogP contribution in [0.4, 0.5) is 0 Å². The monoisotopic (exact) mass is 911 g/mol. The van der Waals surface area contributed by atoms with E-state index in [1.807, 2.05) is 24.3 Å². The molecule has 0 saturated heterocycles. The summed E-state index contributed by atoms with van der Waals surface area (Å²) in [6.45, 7) is 5.85. The van der Waals surface area contributed by atoms with Crippen molar-refractivity contribution >= 4 is 35.3 Å². The van der Waals surface area contributed by atoms with E-state index in [2.05, 4.69) is 44.2 Å². The first-order chi connectivity index (χ1) is 31.4. The Kier molecular flexibility index (Phi) is 32.1. The highest BCUT2D eigenvalue weighted by molar-refractivity contribution is 7.47. The van der Waals surface area contributed by atoms with Gasteiger partial charge in [0.2, 0.25) is 5.91 Å². The number of phosphoric acid groups is 1. The number of benzene rings is 3. The molecule has 0 aromatic heterocycles. The molecule has 3 aromatic carbocycles. The Hall–Kier alpha value is -2.36. The molecule has 0 aliphatic carbocycles. The number of fused-ring (bicyclic) bond motifs is 2. The molecule has 0 saturated carbocycles. The maximum atomic E-state index is 13.2. The second-order valence-electron chi connectivity index (χ2n) is 18.2. The molecular weight excluding hydrogens is 820 g/mol. The molecule has 1 amide bonds. The molecule has 3 aromatic rings. The number of rotatable bonds is 43. The number of ether oxygens (including phenoxy) is 2. The fourth-order valence-electron chi connectivity index (χ4n) is 8.68. The summed E-state index contributed by atoms with van der Waals surface area (Å²) < 4.78 is 36.3. The quantitative estimate of drug-likeness (QED) is 0.0327. The Balaban J connectivity index is 1.40. The third-order valence-corrected chi connectivity index (χ3v) is 13.6. The molecule has 3 N–H and O–H groups in total. The highest BCUT2D eigenvalue weighted by Crippen LogP contribution is 2.43. The molecule has 64 heavy (non-hydrogen) atoms. The minimum absolute atomic E-state index is 0.0723. The van der Waals surface area contributed by atoms with Crippen molar-refractivity contribution in [2.45, 2.75) is 206 Å². The first-order valence-corrected chi connectivity index (χ1v) is 27.6. The summed E-state index contributed by atoms with van der Waals surface area (Å²) in [6, 6.07) is 18.3. The molecule has 0 bridgehead atoms. The van der Waals surface area contributed by atoms with Crippen LogP contribution < -0.4 is 5.73 Å². The van der Waals surface area contributed by atoms with Crippen molar-refractivity contribution in [1.29, 1.82) is 0 Å². The van der Waals surface area contributed by atoms with Gasteiger partial charge in [0.05, 0.1) is 26.4 Å². The normalized spacial score (nSPS) is 13.2. The lowest BCUT2D eigenvalue weighted by atomic mass is 9.96. The zero-order valence-electron chi connectivity index (χ0n) is 40.6. The number of carbonyl (C=O) groups is 1. The molecule has 0 aliphatic heterocycles. The van der Waals surface area contributed by atoms with Gasteiger partial charge in [-0.05, 0) is 46.0 Å². The molecule has 0 spiro atoms. The van der Waals surface area contributed by atoms with Crippen LogP contribution in [0.3, 0.4) is 0 Å². The Morgan fingerprint density at radius 2 is 1.00 bits per heavy atom. The van der Waals surface area contributed by atoms with Crippen LogP contribution in [0.15, 0.2) is 54.6 Å². The van der Waals surface area contributed by atoms with E-state index >= 15 is 0 Å². The highest BCUT2D eigenvalue weighted by Gasteiger charge is 2.25. The summed E-state index contributed by atoms with van der Waals surface area (Å²) in [6.07, 6.45) is 35.9. The molecule has 3 rings (SSSR count). The van der Waals surface area contributed by atoms with Crippen molar-refractivity contribution < 1.29 is 32.8 Å². The Bertz CT molecular complexity index is 1600. The van der Waals surface area contributed by atoms with Gasteiger partial charge in [-0.2, -0.15) is 0 Å². The standard InChI is InChI=1S/C54H91N2O7P/c1-3-5-7-9-11-13-15-17-19-21-23-25-27-33-40-60-46-50(61-41-34-28-26-24-22-20-18-16-14-12-10-8-6-4-2)47-63-64(58,59)62-42-39-56(54(57)44-55)45-53-51-37-31-29-35-48(51)43-49-36-30-32-38-52(49)53/h29-32,35-38,43,50H,3-28,33-34,39-42,44-47,55H2,1-2H3,(H,58,59). The summed E-state index contributed by atoms with van der Waals surface area (Å²) >= 11 is 0. The van der Waals surface area contributed by atoms with Crippen LogP contribution in [-0.4, -0.2) is 67.9 Å². The van der Waals surface area contributed by atoms with Gasteiger partial charge in [0.25, 0.3) is 0 Å². The van der Waals surface area contributed by atoms with Crippen LogP contribution in [0.5, 0.6) is 0 Å². The van der Waals surface area contributed by atoms with Gasteiger partial charge in [-0.3, -0.25) is 13.8 Å². The molecule has 9 nitrogen and oxygen atoms in total. The maximum Gasteiger partial charge on any atom is 0.472 e. The molecule has 10 heteroatoms. The van der Waals surface area contributed by atoms with Gasteiger partial charge in [0, 0.05) is 26.3 Å². The van der Waals surface area contributed by atoms with Crippen LogP contribution in [0.2, 0.25) is 0 Å². The molecule has 0 fully saturated rings. The van der Waals surface area contributed by atoms with Gasteiger partial charge < -0.3 is 25.0 Å². The lowest BCUT2D eigenvalue weighted by molar-refractivity contribution is -0.130. The predicted molar refractivity (Wildman–Crippen MR) is 269 cm³/mol. The molecule has 2 unspecified atom stereocenters. The fraction of sp³-hybridized carbons (Fsp3) is 0.722. The number of hydrogen-bond donors (Lipinski definition) is 2. The molecule has 0 heterocycles. The van der Waals surface area contributed by atoms with Gasteiger partial charge in [0.1, 0.15) is 6.10 Å². The molecule has 0 radical (unpaired) electrons. The average Bonchev–Trinajstić information content (AvgIpc) is 3.30. The van der Waals surface area contributed by atoms with Crippen LogP contribution in [0.25, 0.3) is 21.5 Å².